The van der Waals surface area contributed by atoms with Crippen molar-refractivity contribution in [1.29, 1.82) is 0 Å². The van der Waals surface area contributed by atoms with Crippen LogP contribution < -0.4 is 4.90 Å². The standard InChI is InChI=1S/C24H33N3O4/c1-3-23(28)26(12-11-25-13-15-30-16-14-25)19-24(29)27(17-21-7-5-4-6-8-21)18-22-10-9-20(2)31-22/h4-10H,3,11-19H2,1-2H3/p+1. The molecule has 1 aromatic carbocycles. The van der Waals surface area contributed by atoms with E-state index in [2.05, 4.69) is 0 Å². The molecule has 7 nitrogen and oxygen atoms in total. The van der Waals surface area contributed by atoms with Crippen LogP contribution in [0.2, 0.25) is 0 Å². The molecule has 0 saturated carbocycles. The third-order valence-electron chi connectivity index (χ3n) is 5.63. The number of hydrogen-bond donors (Lipinski definition) is 1. The van der Waals surface area contributed by atoms with Gasteiger partial charge in [0.25, 0.3) is 0 Å². The van der Waals surface area contributed by atoms with E-state index in [1.54, 1.807) is 9.80 Å². The smallest absolute Gasteiger partial charge is 0.242 e. The zero-order chi connectivity index (χ0) is 22.1. The van der Waals surface area contributed by atoms with Gasteiger partial charge in [0.05, 0.1) is 39.4 Å². The average molecular weight is 429 g/mol. The van der Waals surface area contributed by atoms with E-state index in [0.29, 0.717) is 26.1 Å². The number of quaternary nitrogens is 1. The molecule has 2 heterocycles. The van der Waals surface area contributed by atoms with E-state index < -0.39 is 0 Å². The summed E-state index contributed by atoms with van der Waals surface area (Å²) in [5.74, 6) is 1.50. The molecule has 1 N–H and O–H groups in total. The summed E-state index contributed by atoms with van der Waals surface area (Å²) in [6, 6.07) is 13.7. The normalized spacial score (nSPS) is 14.4. The lowest BCUT2D eigenvalue weighted by Gasteiger charge is -2.29. The minimum Gasteiger partial charge on any atom is -0.464 e. The Hall–Kier alpha value is -2.64. The van der Waals surface area contributed by atoms with Gasteiger partial charge in [0.15, 0.2) is 0 Å². The lowest BCUT2D eigenvalue weighted by Crippen LogP contribution is -3.14. The number of nitrogens with zero attached hydrogens (tertiary/aromatic N) is 2. The zero-order valence-corrected chi connectivity index (χ0v) is 18.6. The average Bonchev–Trinajstić information content (AvgIpc) is 3.21. The fourth-order valence-electron chi connectivity index (χ4n) is 3.78. The second-order valence-electron chi connectivity index (χ2n) is 8.03. The van der Waals surface area contributed by atoms with E-state index in [1.165, 1.54) is 4.90 Å². The number of hydrogen-bond acceptors (Lipinski definition) is 4. The molecule has 0 spiro atoms. The van der Waals surface area contributed by atoms with E-state index in [4.69, 9.17) is 9.15 Å². The fraction of sp³-hybridized carbons (Fsp3) is 0.500. The summed E-state index contributed by atoms with van der Waals surface area (Å²) in [7, 11) is 0. The summed E-state index contributed by atoms with van der Waals surface area (Å²) in [5, 5.41) is 0. The topological polar surface area (TPSA) is 67.4 Å². The summed E-state index contributed by atoms with van der Waals surface area (Å²) >= 11 is 0. The number of carbonyl (C=O) groups is 2. The molecule has 0 unspecified atom stereocenters. The van der Waals surface area contributed by atoms with Gasteiger partial charge in [0.1, 0.15) is 24.6 Å². The van der Waals surface area contributed by atoms with Gasteiger partial charge in [0, 0.05) is 13.0 Å². The highest BCUT2D eigenvalue weighted by atomic mass is 16.5. The molecule has 2 aromatic rings. The second kappa shape index (κ2) is 11.7. The van der Waals surface area contributed by atoms with E-state index in [9.17, 15) is 9.59 Å². The second-order valence-corrected chi connectivity index (χ2v) is 8.03. The molecule has 0 aliphatic carbocycles. The van der Waals surface area contributed by atoms with Crippen LogP contribution in [0.4, 0.5) is 0 Å². The Morgan fingerprint density at radius 3 is 2.35 bits per heavy atom. The maximum atomic E-state index is 13.3. The summed E-state index contributed by atoms with van der Waals surface area (Å²) in [4.78, 5) is 30.8. The number of aryl methyl sites for hydroxylation is 1. The lowest BCUT2D eigenvalue weighted by molar-refractivity contribution is -0.907. The van der Waals surface area contributed by atoms with Crippen LogP contribution in [0.25, 0.3) is 0 Å². The van der Waals surface area contributed by atoms with Crippen LogP contribution in [-0.4, -0.2) is 67.6 Å². The largest absolute Gasteiger partial charge is 0.464 e. The molecule has 2 amide bonds. The maximum Gasteiger partial charge on any atom is 0.242 e. The molecule has 1 aliphatic rings. The van der Waals surface area contributed by atoms with Crippen LogP contribution >= 0.6 is 0 Å². The van der Waals surface area contributed by atoms with Gasteiger partial charge in [-0.2, -0.15) is 0 Å². The highest BCUT2D eigenvalue weighted by Crippen LogP contribution is 2.14. The number of morpholine rings is 1. The Bertz CT molecular complexity index is 830. The molecule has 168 valence electrons. The van der Waals surface area contributed by atoms with E-state index in [1.807, 2.05) is 56.3 Å². The predicted octanol–water partition coefficient (Wildman–Crippen LogP) is 1.27. The van der Waals surface area contributed by atoms with Crippen molar-refractivity contribution in [3.63, 3.8) is 0 Å². The summed E-state index contributed by atoms with van der Waals surface area (Å²) in [6.07, 6.45) is 0.391. The predicted molar refractivity (Wildman–Crippen MR) is 117 cm³/mol. The Morgan fingerprint density at radius 2 is 1.71 bits per heavy atom. The molecule has 0 atom stereocenters. The van der Waals surface area contributed by atoms with Gasteiger partial charge in [0.2, 0.25) is 11.8 Å². The fourth-order valence-corrected chi connectivity index (χ4v) is 3.78. The molecular formula is C24H34N3O4+. The number of rotatable bonds is 10. The molecule has 7 heteroatoms. The molecule has 1 aromatic heterocycles. The van der Waals surface area contributed by atoms with Crippen LogP contribution in [0, 0.1) is 6.92 Å². The number of ether oxygens (including phenoxy) is 1. The van der Waals surface area contributed by atoms with Gasteiger partial charge >= 0.3 is 0 Å². The maximum absolute atomic E-state index is 13.3. The minimum atomic E-state index is -0.0725. The first-order valence-electron chi connectivity index (χ1n) is 11.1. The molecule has 1 saturated heterocycles. The third-order valence-corrected chi connectivity index (χ3v) is 5.63. The van der Waals surface area contributed by atoms with Crippen molar-refractivity contribution in [3.8, 4) is 0 Å². The minimum absolute atomic E-state index is 0.00881. The van der Waals surface area contributed by atoms with Crippen molar-refractivity contribution in [2.75, 3.05) is 45.9 Å². The summed E-state index contributed by atoms with van der Waals surface area (Å²) in [6.45, 7) is 9.48. The molecular weight excluding hydrogens is 394 g/mol. The van der Waals surface area contributed by atoms with Crippen molar-refractivity contribution < 1.29 is 23.6 Å². The Labute approximate surface area is 184 Å². The van der Waals surface area contributed by atoms with Crippen molar-refractivity contribution in [2.45, 2.75) is 33.4 Å². The van der Waals surface area contributed by atoms with Crippen LogP contribution in [0.5, 0.6) is 0 Å². The Balaban J connectivity index is 1.67. The van der Waals surface area contributed by atoms with Gasteiger partial charge < -0.3 is 23.9 Å². The summed E-state index contributed by atoms with van der Waals surface area (Å²) in [5.41, 5.74) is 1.05. The van der Waals surface area contributed by atoms with Gasteiger partial charge in [-0.05, 0) is 24.6 Å². The number of furan rings is 1. The van der Waals surface area contributed by atoms with Crippen LogP contribution in [0.3, 0.4) is 0 Å². The van der Waals surface area contributed by atoms with Crippen molar-refractivity contribution >= 4 is 11.8 Å². The van der Waals surface area contributed by atoms with E-state index in [-0.39, 0.29) is 18.4 Å². The third kappa shape index (κ3) is 7.22. The van der Waals surface area contributed by atoms with Gasteiger partial charge in [-0.3, -0.25) is 9.59 Å². The molecule has 1 fully saturated rings. The van der Waals surface area contributed by atoms with E-state index >= 15 is 0 Å². The first-order valence-corrected chi connectivity index (χ1v) is 11.1. The number of carbonyl (C=O) groups excluding carboxylic acids is 2. The zero-order valence-electron chi connectivity index (χ0n) is 18.6. The molecule has 3 rings (SSSR count). The number of benzene rings is 1. The van der Waals surface area contributed by atoms with Crippen molar-refractivity contribution in [2.24, 2.45) is 0 Å². The first kappa shape index (κ1) is 23.0. The molecule has 1 aliphatic heterocycles. The van der Waals surface area contributed by atoms with Crippen LogP contribution in [0.15, 0.2) is 46.9 Å². The Kier molecular flexibility index (Phi) is 8.67. The van der Waals surface area contributed by atoms with Gasteiger partial charge in [-0.25, -0.2) is 0 Å². The van der Waals surface area contributed by atoms with Gasteiger partial charge in [-0.1, -0.05) is 37.3 Å². The molecule has 0 radical (unpaired) electrons. The first-order chi connectivity index (χ1) is 15.0. The molecule has 31 heavy (non-hydrogen) atoms. The van der Waals surface area contributed by atoms with Crippen LogP contribution in [-0.2, 0) is 27.4 Å². The number of amides is 2. The van der Waals surface area contributed by atoms with Crippen molar-refractivity contribution in [3.05, 3.63) is 59.5 Å². The van der Waals surface area contributed by atoms with Gasteiger partial charge in [-0.15, -0.1) is 0 Å². The lowest BCUT2D eigenvalue weighted by atomic mass is 10.2. The summed E-state index contributed by atoms with van der Waals surface area (Å²) < 4.78 is 11.1. The quantitative estimate of drug-likeness (QED) is 0.619. The van der Waals surface area contributed by atoms with Crippen molar-refractivity contribution in [1.82, 2.24) is 9.80 Å². The van der Waals surface area contributed by atoms with E-state index in [0.717, 1.165) is 49.9 Å². The number of nitrogens with one attached hydrogen (secondary N) is 1. The Morgan fingerprint density at radius 1 is 0.968 bits per heavy atom. The monoisotopic (exact) mass is 428 g/mol. The molecule has 0 bridgehead atoms. The SMILES string of the molecule is CCC(=O)N(CC[NH+]1CCOCC1)CC(=O)N(Cc1ccccc1)Cc1ccc(C)o1. The highest BCUT2D eigenvalue weighted by molar-refractivity contribution is 5.84. The van der Waals surface area contributed by atoms with Crippen LogP contribution in [0.1, 0.15) is 30.4 Å². The highest BCUT2D eigenvalue weighted by Gasteiger charge is 2.23.